The van der Waals surface area contributed by atoms with Crippen LogP contribution in [0.5, 0.6) is 0 Å². The Hall–Kier alpha value is -1.31. The van der Waals surface area contributed by atoms with Crippen molar-refractivity contribution in [2.24, 2.45) is 11.7 Å². The highest BCUT2D eigenvalue weighted by molar-refractivity contribution is 5.20. The third kappa shape index (κ3) is 4.63. The number of hydrogen-bond acceptors (Lipinski definition) is 1. The topological polar surface area (TPSA) is 29.0 Å². The van der Waals surface area contributed by atoms with Crippen LogP contribution >= 0.6 is 0 Å². The largest absolute Gasteiger partial charge is 0.399 e. The van der Waals surface area contributed by atoms with Crippen molar-refractivity contribution in [2.45, 2.75) is 33.7 Å². The first kappa shape index (κ1) is 13.7. The molecule has 84 valence electrons. The fourth-order valence-corrected chi connectivity index (χ4v) is 1.42. The first-order chi connectivity index (χ1) is 6.90. The minimum atomic E-state index is 0.344. The van der Waals surface area contributed by atoms with Crippen LogP contribution in [-0.4, -0.2) is 17.3 Å². The molecule has 0 radical (unpaired) electrons. The molecule has 0 bridgehead atoms. The Kier molecular flexibility index (Phi) is 5.68. The molecule has 0 saturated carbocycles. The molecule has 0 rings (SSSR count). The van der Waals surface area contributed by atoms with Crippen LogP contribution in [0.1, 0.15) is 27.7 Å². The second kappa shape index (κ2) is 6.23. The van der Waals surface area contributed by atoms with Crippen LogP contribution in [0.15, 0.2) is 36.2 Å². The van der Waals surface area contributed by atoms with Crippen LogP contribution in [0.4, 0.5) is 0 Å². The molecule has 0 saturated heterocycles. The van der Waals surface area contributed by atoms with E-state index in [1.54, 1.807) is 0 Å². The summed E-state index contributed by atoms with van der Waals surface area (Å²) in [5.74, 6) is 0.402. The van der Waals surface area contributed by atoms with Crippen molar-refractivity contribution >= 4 is 6.72 Å². The van der Waals surface area contributed by atoms with Gasteiger partial charge < -0.3 is 5.73 Å². The van der Waals surface area contributed by atoms with Crippen molar-refractivity contribution in [1.29, 1.82) is 0 Å². The molecule has 0 fully saturated rings. The highest BCUT2D eigenvalue weighted by atomic mass is 15.0. The van der Waals surface area contributed by atoms with E-state index in [2.05, 4.69) is 34.1 Å². The third-order valence-electron chi connectivity index (χ3n) is 2.72. The maximum atomic E-state index is 5.55. The summed E-state index contributed by atoms with van der Waals surface area (Å²) in [5, 5.41) is 0. The van der Waals surface area contributed by atoms with Gasteiger partial charge in [-0.3, -0.25) is 0 Å². The van der Waals surface area contributed by atoms with E-state index in [0.29, 0.717) is 17.7 Å². The smallest absolute Gasteiger partial charge is 0.164 e. The summed E-state index contributed by atoms with van der Waals surface area (Å²) in [5.41, 5.74) is 7.39. The summed E-state index contributed by atoms with van der Waals surface area (Å²) in [4.78, 5) is 0. The summed E-state index contributed by atoms with van der Waals surface area (Å²) < 4.78 is 1.96. The van der Waals surface area contributed by atoms with E-state index in [4.69, 9.17) is 5.73 Å². The summed E-state index contributed by atoms with van der Waals surface area (Å²) in [6.07, 6.45) is 5.88. The molecule has 0 heterocycles. The fourth-order valence-electron chi connectivity index (χ4n) is 1.42. The van der Waals surface area contributed by atoms with E-state index >= 15 is 0 Å². The molecule has 15 heavy (non-hydrogen) atoms. The average molecular weight is 207 g/mol. The van der Waals surface area contributed by atoms with Crippen LogP contribution < -0.4 is 5.73 Å². The summed E-state index contributed by atoms with van der Waals surface area (Å²) in [6, 6.07) is 0.344. The molecular formula is C13H23N2+. The van der Waals surface area contributed by atoms with E-state index < -0.39 is 0 Å². The summed E-state index contributed by atoms with van der Waals surface area (Å²) in [7, 11) is 0. The molecule has 0 aliphatic heterocycles. The van der Waals surface area contributed by atoms with Gasteiger partial charge in [-0.1, -0.05) is 19.1 Å². The van der Waals surface area contributed by atoms with Crippen LogP contribution in [0.25, 0.3) is 0 Å². The lowest BCUT2D eigenvalue weighted by molar-refractivity contribution is -0.495. The quantitative estimate of drug-likeness (QED) is 0.419. The van der Waals surface area contributed by atoms with Crippen LogP contribution in [0.2, 0.25) is 0 Å². The van der Waals surface area contributed by atoms with Gasteiger partial charge in [-0.25, -0.2) is 4.58 Å². The van der Waals surface area contributed by atoms with Gasteiger partial charge in [0.15, 0.2) is 12.2 Å². The van der Waals surface area contributed by atoms with Gasteiger partial charge in [-0.15, -0.1) is 0 Å². The van der Waals surface area contributed by atoms with Gasteiger partial charge in [0.25, 0.3) is 0 Å². The van der Waals surface area contributed by atoms with Crippen molar-refractivity contribution < 1.29 is 4.58 Å². The Morgan fingerprint density at radius 3 is 2.33 bits per heavy atom. The standard InChI is InChI=1S/C13H23N2/c1-7-8-15(6)13(5)12(4)10(2)9-11(3)14/h7-9,12-13H,3,6,14H2,1-2,4-5H3/q+1/b8-7-,10-9+. The number of hydrogen-bond donors (Lipinski definition) is 1. The van der Waals surface area contributed by atoms with Crippen LogP contribution in [0.3, 0.4) is 0 Å². The first-order valence-corrected chi connectivity index (χ1v) is 5.24. The van der Waals surface area contributed by atoms with E-state index in [1.807, 2.05) is 29.9 Å². The van der Waals surface area contributed by atoms with Gasteiger partial charge in [-0.2, -0.15) is 0 Å². The first-order valence-electron chi connectivity index (χ1n) is 5.24. The van der Waals surface area contributed by atoms with Crippen molar-refractivity contribution in [1.82, 2.24) is 0 Å². The molecule has 0 aromatic rings. The number of nitrogens with zero attached hydrogens (tertiary/aromatic N) is 1. The van der Waals surface area contributed by atoms with E-state index in [-0.39, 0.29) is 0 Å². The molecule has 0 aliphatic rings. The summed E-state index contributed by atoms with van der Waals surface area (Å²) >= 11 is 0. The SMILES string of the molecule is C=C(N)/C=C(\C)C(C)C(C)[N+](=C)/C=C\C. The van der Waals surface area contributed by atoms with Crippen LogP contribution in [0, 0.1) is 5.92 Å². The van der Waals surface area contributed by atoms with Crippen molar-refractivity contribution in [3.8, 4) is 0 Å². The Morgan fingerprint density at radius 2 is 1.93 bits per heavy atom. The average Bonchev–Trinajstić information content (AvgIpc) is 2.14. The van der Waals surface area contributed by atoms with E-state index in [1.165, 1.54) is 5.57 Å². The molecule has 0 aliphatic carbocycles. The highest BCUT2D eigenvalue weighted by Gasteiger charge is 2.20. The molecule has 2 N–H and O–H groups in total. The zero-order chi connectivity index (χ0) is 12.0. The van der Waals surface area contributed by atoms with E-state index in [0.717, 1.165) is 0 Å². The predicted octanol–water partition coefficient (Wildman–Crippen LogP) is 2.68. The number of nitrogens with two attached hydrogens (primary N) is 1. The predicted molar refractivity (Wildman–Crippen MR) is 67.9 cm³/mol. The molecular weight excluding hydrogens is 184 g/mol. The van der Waals surface area contributed by atoms with Gasteiger partial charge in [0, 0.05) is 11.6 Å². The number of allylic oxidation sites excluding steroid dienone is 2. The fraction of sp³-hybridized carbons (Fsp3) is 0.462. The number of rotatable bonds is 5. The second-order valence-electron chi connectivity index (χ2n) is 3.99. The molecule has 0 aromatic carbocycles. The molecule has 2 nitrogen and oxygen atoms in total. The lowest BCUT2D eigenvalue weighted by Gasteiger charge is -2.16. The van der Waals surface area contributed by atoms with Crippen molar-refractivity contribution in [2.75, 3.05) is 0 Å². The van der Waals surface area contributed by atoms with Gasteiger partial charge in [0.1, 0.15) is 6.72 Å². The van der Waals surface area contributed by atoms with Gasteiger partial charge in [-0.05, 0) is 32.9 Å². The van der Waals surface area contributed by atoms with Crippen molar-refractivity contribution in [3.63, 3.8) is 0 Å². The highest BCUT2D eigenvalue weighted by Crippen LogP contribution is 2.17. The lowest BCUT2D eigenvalue weighted by Crippen LogP contribution is -2.25. The molecule has 0 spiro atoms. The van der Waals surface area contributed by atoms with Gasteiger partial charge in [0.2, 0.25) is 0 Å². The second-order valence-corrected chi connectivity index (χ2v) is 3.99. The summed E-state index contributed by atoms with van der Waals surface area (Å²) in [6.45, 7) is 16.0. The zero-order valence-corrected chi connectivity index (χ0v) is 10.3. The minimum Gasteiger partial charge on any atom is -0.399 e. The van der Waals surface area contributed by atoms with Crippen LogP contribution in [-0.2, 0) is 0 Å². The molecule has 2 unspecified atom stereocenters. The monoisotopic (exact) mass is 207 g/mol. The Labute approximate surface area is 93.5 Å². The van der Waals surface area contributed by atoms with Gasteiger partial charge in [0.05, 0.1) is 0 Å². The maximum Gasteiger partial charge on any atom is 0.164 e. The Morgan fingerprint density at radius 1 is 1.40 bits per heavy atom. The molecule has 2 atom stereocenters. The third-order valence-corrected chi connectivity index (χ3v) is 2.72. The molecule has 2 heteroatoms. The Balaban J connectivity index is 4.64. The van der Waals surface area contributed by atoms with E-state index in [9.17, 15) is 0 Å². The maximum absolute atomic E-state index is 5.55. The zero-order valence-electron chi connectivity index (χ0n) is 10.3. The normalized spacial score (nSPS) is 16.4. The van der Waals surface area contributed by atoms with Gasteiger partial charge >= 0.3 is 0 Å². The lowest BCUT2D eigenvalue weighted by atomic mass is 9.94. The van der Waals surface area contributed by atoms with Crippen molar-refractivity contribution in [3.05, 3.63) is 36.2 Å². The Bertz CT molecular complexity index is 298. The molecule has 0 amide bonds. The minimum absolute atomic E-state index is 0.344. The molecule has 0 aromatic heterocycles.